The Bertz CT molecular complexity index is 1000. The van der Waals surface area contributed by atoms with Gasteiger partial charge in [-0.2, -0.15) is 10.2 Å². The summed E-state index contributed by atoms with van der Waals surface area (Å²) in [6.45, 7) is 3.22. The van der Waals surface area contributed by atoms with E-state index >= 15 is 0 Å². The van der Waals surface area contributed by atoms with Crippen molar-refractivity contribution < 1.29 is 22.6 Å². The maximum Gasteiger partial charge on any atom is 0.169 e. The maximum atomic E-state index is 14.5. The van der Waals surface area contributed by atoms with Crippen molar-refractivity contribution >= 4 is 0 Å². The molecular formula is C20H17F3N2O2. The molecule has 3 rings (SSSR count). The first-order valence-electron chi connectivity index (χ1n) is 8.08. The molecule has 0 amide bonds. The number of benzene rings is 2. The second kappa shape index (κ2) is 7.26. The molecule has 0 aliphatic carbocycles. The van der Waals surface area contributed by atoms with E-state index in [4.69, 9.17) is 9.47 Å². The number of rotatable bonds is 4. The zero-order valence-electron chi connectivity index (χ0n) is 15.2. The summed E-state index contributed by atoms with van der Waals surface area (Å²) >= 11 is 0. The van der Waals surface area contributed by atoms with Crippen molar-refractivity contribution in [3.63, 3.8) is 0 Å². The number of methoxy groups -OCH3 is 2. The Labute approximate surface area is 154 Å². The third-order valence-electron chi connectivity index (χ3n) is 4.26. The van der Waals surface area contributed by atoms with E-state index in [1.54, 1.807) is 32.0 Å². The van der Waals surface area contributed by atoms with Crippen molar-refractivity contribution in [2.45, 2.75) is 13.8 Å². The lowest BCUT2D eigenvalue weighted by atomic mass is 9.92. The van der Waals surface area contributed by atoms with Crippen molar-refractivity contribution in [2.24, 2.45) is 0 Å². The van der Waals surface area contributed by atoms with E-state index in [0.29, 0.717) is 28.3 Å². The summed E-state index contributed by atoms with van der Waals surface area (Å²) in [7, 11) is 2.99. The van der Waals surface area contributed by atoms with Gasteiger partial charge in [0, 0.05) is 17.2 Å². The number of halogens is 3. The molecule has 4 nitrogen and oxygen atoms in total. The standard InChI is InChI=1S/C20H17F3N2O2/c1-10-17(12-7-13(26-3)9-14(8-12)27-4)18(11(2)25-24-10)19-15(21)5-6-16(22)20(19)23/h5-9H,1-4H3. The molecule has 0 bridgehead atoms. The van der Waals surface area contributed by atoms with Crippen LogP contribution in [0, 0.1) is 31.3 Å². The molecule has 0 aliphatic rings. The fraction of sp³-hybridized carbons (Fsp3) is 0.200. The lowest BCUT2D eigenvalue weighted by Gasteiger charge is -2.17. The van der Waals surface area contributed by atoms with Crippen molar-refractivity contribution in [3.8, 4) is 33.8 Å². The van der Waals surface area contributed by atoms with E-state index in [2.05, 4.69) is 10.2 Å². The Morgan fingerprint density at radius 3 is 1.78 bits per heavy atom. The van der Waals surface area contributed by atoms with E-state index in [-0.39, 0.29) is 11.3 Å². The molecule has 3 aromatic rings. The largest absolute Gasteiger partial charge is 0.497 e. The molecule has 0 saturated heterocycles. The fourth-order valence-electron chi connectivity index (χ4n) is 2.98. The molecule has 0 unspecified atom stereocenters. The Hall–Kier alpha value is -3.09. The quantitative estimate of drug-likeness (QED) is 0.612. The SMILES string of the molecule is COc1cc(OC)cc(-c2c(C)nnc(C)c2-c2c(F)ccc(F)c2F)c1. The number of nitrogens with zero attached hydrogens (tertiary/aromatic N) is 2. The van der Waals surface area contributed by atoms with Crippen LogP contribution in [-0.2, 0) is 0 Å². The molecule has 0 N–H and O–H groups in total. The fourth-order valence-corrected chi connectivity index (χ4v) is 2.98. The highest BCUT2D eigenvalue weighted by molar-refractivity contribution is 5.87. The Morgan fingerprint density at radius 2 is 1.22 bits per heavy atom. The van der Waals surface area contributed by atoms with Crippen LogP contribution in [-0.4, -0.2) is 24.4 Å². The van der Waals surface area contributed by atoms with Crippen LogP contribution < -0.4 is 9.47 Å². The van der Waals surface area contributed by atoms with Gasteiger partial charge in [-0.1, -0.05) is 0 Å². The molecule has 0 fully saturated rings. The van der Waals surface area contributed by atoms with Crippen LogP contribution in [0.25, 0.3) is 22.3 Å². The Morgan fingerprint density at radius 1 is 0.704 bits per heavy atom. The molecule has 2 aromatic carbocycles. The molecular weight excluding hydrogens is 357 g/mol. The number of hydrogen-bond donors (Lipinski definition) is 0. The van der Waals surface area contributed by atoms with Crippen LogP contribution in [0.1, 0.15) is 11.4 Å². The predicted octanol–water partition coefficient (Wildman–Crippen LogP) is 4.86. The number of aromatic nitrogens is 2. The Kier molecular flexibility index (Phi) is 5.03. The summed E-state index contributed by atoms with van der Waals surface area (Å²) < 4.78 is 53.4. The first-order valence-corrected chi connectivity index (χ1v) is 8.08. The third-order valence-corrected chi connectivity index (χ3v) is 4.26. The summed E-state index contributed by atoms with van der Waals surface area (Å²) in [4.78, 5) is 0. The Balaban J connectivity index is 2.41. The van der Waals surface area contributed by atoms with Crippen LogP contribution in [0.3, 0.4) is 0 Å². The van der Waals surface area contributed by atoms with Gasteiger partial charge in [0.2, 0.25) is 0 Å². The summed E-state index contributed by atoms with van der Waals surface area (Å²) in [5.41, 5.74) is 1.31. The zero-order valence-corrected chi connectivity index (χ0v) is 15.2. The van der Waals surface area contributed by atoms with Crippen molar-refractivity contribution in [3.05, 3.63) is 59.2 Å². The van der Waals surface area contributed by atoms with Crippen LogP contribution in [0.5, 0.6) is 11.5 Å². The highest BCUT2D eigenvalue weighted by atomic mass is 19.2. The van der Waals surface area contributed by atoms with E-state index in [0.717, 1.165) is 12.1 Å². The summed E-state index contributed by atoms with van der Waals surface area (Å²) in [6, 6.07) is 6.68. The highest BCUT2D eigenvalue weighted by Crippen LogP contribution is 2.40. The molecule has 0 saturated carbocycles. The van der Waals surface area contributed by atoms with Gasteiger partial charge in [0.05, 0.1) is 31.2 Å². The molecule has 0 aliphatic heterocycles. The molecule has 140 valence electrons. The van der Waals surface area contributed by atoms with Gasteiger partial charge in [0.15, 0.2) is 11.6 Å². The van der Waals surface area contributed by atoms with E-state index < -0.39 is 23.0 Å². The predicted molar refractivity (Wildman–Crippen MR) is 95.4 cm³/mol. The smallest absolute Gasteiger partial charge is 0.169 e. The third kappa shape index (κ3) is 3.32. The second-order valence-electron chi connectivity index (χ2n) is 5.94. The van der Waals surface area contributed by atoms with Gasteiger partial charge in [-0.25, -0.2) is 13.2 Å². The van der Waals surface area contributed by atoms with Gasteiger partial charge in [-0.3, -0.25) is 0 Å². The zero-order chi connectivity index (χ0) is 19.7. The normalized spacial score (nSPS) is 10.8. The molecule has 1 aromatic heterocycles. The van der Waals surface area contributed by atoms with Gasteiger partial charge < -0.3 is 9.47 Å². The average molecular weight is 374 g/mol. The van der Waals surface area contributed by atoms with Crippen molar-refractivity contribution in [1.29, 1.82) is 0 Å². The summed E-state index contributed by atoms with van der Waals surface area (Å²) in [5.74, 6) is -2.33. The molecule has 0 radical (unpaired) electrons. The van der Waals surface area contributed by atoms with Crippen LogP contribution in [0.15, 0.2) is 30.3 Å². The van der Waals surface area contributed by atoms with Crippen LogP contribution >= 0.6 is 0 Å². The molecule has 0 spiro atoms. The number of ether oxygens (including phenoxy) is 2. The minimum Gasteiger partial charge on any atom is -0.497 e. The summed E-state index contributed by atoms with van der Waals surface area (Å²) in [6.07, 6.45) is 0. The number of hydrogen-bond acceptors (Lipinski definition) is 4. The van der Waals surface area contributed by atoms with Gasteiger partial charge >= 0.3 is 0 Å². The van der Waals surface area contributed by atoms with Crippen molar-refractivity contribution in [1.82, 2.24) is 10.2 Å². The minimum absolute atomic E-state index is 0.132. The second-order valence-corrected chi connectivity index (χ2v) is 5.94. The van der Waals surface area contributed by atoms with E-state index in [1.807, 2.05) is 0 Å². The average Bonchev–Trinajstić information content (AvgIpc) is 2.67. The van der Waals surface area contributed by atoms with Crippen LogP contribution in [0.4, 0.5) is 13.2 Å². The maximum absolute atomic E-state index is 14.5. The van der Waals surface area contributed by atoms with E-state index in [1.165, 1.54) is 14.2 Å². The van der Waals surface area contributed by atoms with Gasteiger partial charge in [-0.15, -0.1) is 0 Å². The first-order chi connectivity index (χ1) is 12.9. The van der Waals surface area contributed by atoms with Gasteiger partial charge in [0.1, 0.15) is 17.3 Å². The lowest BCUT2D eigenvalue weighted by molar-refractivity contribution is 0.394. The molecule has 0 atom stereocenters. The topological polar surface area (TPSA) is 44.2 Å². The monoisotopic (exact) mass is 374 g/mol. The first kappa shape index (κ1) is 18.7. The van der Waals surface area contributed by atoms with Gasteiger partial charge in [-0.05, 0) is 43.7 Å². The minimum atomic E-state index is -1.28. The molecule has 7 heteroatoms. The lowest BCUT2D eigenvalue weighted by Crippen LogP contribution is -2.04. The van der Waals surface area contributed by atoms with E-state index in [9.17, 15) is 13.2 Å². The number of aryl methyl sites for hydroxylation is 2. The van der Waals surface area contributed by atoms with Crippen LogP contribution in [0.2, 0.25) is 0 Å². The summed E-state index contributed by atoms with van der Waals surface area (Å²) in [5, 5.41) is 8.03. The molecule has 1 heterocycles. The highest BCUT2D eigenvalue weighted by Gasteiger charge is 2.24. The van der Waals surface area contributed by atoms with Gasteiger partial charge in [0.25, 0.3) is 0 Å². The van der Waals surface area contributed by atoms with Crippen molar-refractivity contribution in [2.75, 3.05) is 14.2 Å². The molecule has 27 heavy (non-hydrogen) atoms.